The number of benzene rings is 2. The van der Waals surface area contributed by atoms with Crippen molar-refractivity contribution in [2.45, 2.75) is 19.5 Å². The number of nitro groups is 1. The van der Waals surface area contributed by atoms with Gasteiger partial charge in [0.2, 0.25) is 0 Å². The second-order valence-corrected chi connectivity index (χ2v) is 5.98. The number of halogens is 2. The van der Waals surface area contributed by atoms with Crippen molar-refractivity contribution in [3.63, 3.8) is 0 Å². The molecule has 110 valence electrons. The summed E-state index contributed by atoms with van der Waals surface area (Å²) in [5.74, 6) is 0. The van der Waals surface area contributed by atoms with Gasteiger partial charge in [0.1, 0.15) is 0 Å². The molecule has 1 unspecified atom stereocenters. The predicted octanol–water partition coefficient (Wildman–Crippen LogP) is 4.86. The maximum Gasteiger partial charge on any atom is 0.270 e. The molecule has 0 radical (unpaired) electrons. The molecule has 0 amide bonds. The number of nitrogens with one attached hydrogen (secondary N) is 1. The Morgan fingerprint density at radius 1 is 1.33 bits per heavy atom. The van der Waals surface area contributed by atoms with E-state index in [1.807, 2.05) is 31.2 Å². The quantitative estimate of drug-likeness (QED) is 0.605. The van der Waals surface area contributed by atoms with E-state index in [0.717, 1.165) is 15.6 Å². The minimum atomic E-state index is -0.406. The van der Waals surface area contributed by atoms with Gasteiger partial charge in [0, 0.05) is 34.2 Å². The molecule has 0 saturated carbocycles. The summed E-state index contributed by atoms with van der Waals surface area (Å²) < 4.78 is 0.725. The van der Waals surface area contributed by atoms with Crippen LogP contribution in [-0.4, -0.2) is 4.92 Å². The van der Waals surface area contributed by atoms with Gasteiger partial charge in [-0.3, -0.25) is 10.1 Å². The number of nitro benzene ring substituents is 1. The molecule has 1 atom stereocenters. The molecule has 4 nitrogen and oxygen atoms in total. The minimum absolute atomic E-state index is 0.0773. The predicted molar refractivity (Wildman–Crippen MR) is 87.5 cm³/mol. The van der Waals surface area contributed by atoms with E-state index in [1.54, 1.807) is 6.07 Å². The number of hydrogen-bond acceptors (Lipinski definition) is 3. The van der Waals surface area contributed by atoms with Crippen molar-refractivity contribution < 1.29 is 4.92 Å². The van der Waals surface area contributed by atoms with E-state index >= 15 is 0 Å². The summed E-state index contributed by atoms with van der Waals surface area (Å²) in [4.78, 5) is 10.3. The van der Waals surface area contributed by atoms with E-state index in [2.05, 4.69) is 21.2 Å². The van der Waals surface area contributed by atoms with Gasteiger partial charge in [-0.05, 0) is 36.2 Å². The van der Waals surface area contributed by atoms with Gasteiger partial charge in [-0.1, -0.05) is 39.7 Å². The Morgan fingerprint density at radius 3 is 2.71 bits per heavy atom. The molecule has 2 aromatic carbocycles. The smallest absolute Gasteiger partial charge is 0.270 e. The zero-order chi connectivity index (χ0) is 15.4. The maximum absolute atomic E-state index is 10.7. The third kappa shape index (κ3) is 4.27. The Morgan fingerprint density at radius 2 is 2.10 bits per heavy atom. The van der Waals surface area contributed by atoms with Gasteiger partial charge in [-0.25, -0.2) is 0 Å². The van der Waals surface area contributed by atoms with Crippen molar-refractivity contribution in [2.75, 3.05) is 0 Å². The van der Waals surface area contributed by atoms with E-state index in [4.69, 9.17) is 11.6 Å². The fraction of sp³-hybridized carbons (Fsp3) is 0.200. The van der Waals surface area contributed by atoms with Crippen molar-refractivity contribution in [3.05, 3.63) is 73.2 Å². The Hall–Kier alpha value is -1.43. The number of rotatable bonds is 5. The largest absolute Gasteiger partial charge is 0.306 e. The topological polar surface area (TPSA) is 55.2 Å². The van der Waals surface area contributed by atoms with E-state index in [0.29, 0.717) is 11.6 Å². The molecule has 6 heteroatoms. The van der Waals surface area contributed by atoms with Gasteiger partial charge in [0.25, 0.3) is 5.69 Å². The summed E-state index contributed by atoms with van der Waals surface area (Å²) in [6.45, 7) is 2.65. The lowest BCUT2D eigenvalue weighted by molar-refractivity contribution is -0.384. The molecule has 2 aromatic rings. The lowest BCUT2D eigenvalue weighted by Gasteiger charge is -2.15. The average Bonchev–Trinajstić information content (AvgIpc) is 2.45. The van der Waals surface area contributed by atoms with Crippen molar-refractivity contribution >= 4 is 33.2 Å². The number of non-ortho nitro benzene ring substituents is 1. The first kappa shape index (κ1) is 15.9. The second-order valence-electron chi connectivity index (χ2n) is 4.69. The fourth-order valence-corrected chi connectivity index (χ4v) is 2.66. The first-order valence-corrected chi connectivity index (χ1v) is 7.56. The molecule has 0 aliphatic rings. The summed E-state index contributed by atoms with van der Waals surface area (Å²) in [7, 11) is 0. The van der Waals surface area contributed by atoms with E-state index in [9.17, 15) is 10.1 Å². The molecular formula is C15H14BrClN2O2. The van der Waals surface area contributed by atoms with Crippen LogP contribution < -0.4 is 5.32 Å². The Bertz CT molecular complexity index is 664. The summed E-state index contributed by atoms with van der Waals surface area (Å²) in [6.07, 6.45) is 0. The van der Waals surface area contributed by atoms with Crippen LogP contribution in [0, 0.1) is 10.1 Å². The van der Waals surface area contributed by atoms with Crippen LogP contribution in [0.4, 0.5) is 5.69 Å². The Balaban J connectivity index is 2.04. The number of nitrogens with zero attached hydrogens (tertiary/aromatic N) is 1. The summed E-state index contributed by atoms with van der Waals surface area (Å²) >= 11 is 9.35. The minimum Gasteiger partial charge on any atom is -0.306 e. The molecule has 0 aromatic heterocycles. The van der Waals surface area contributed by atoms with E-state index < -0.39 is 4.92 Å². The van der Waals surface area contributed by atoms with Crippen LogP contribution in [0.1, 0.15) is 24.1 Å². The van der Waals surface area contributed by atoms with Crippen molar-refractivity contribution in [1.29, 1.82) is 0 Å². The molecule has 0 fully saturated rings. The number of hydrogen-bond donors (Lipinski definition) is 1. The van der Waals surface area contributed by atoms with Crippen LogP contribution in [-0.2, 0) is 6.54 Å². The third-order valence-corrected chi connectivity index (χ3v) is 4.17. The highest BCUT2D eigenvalue weighted by molar-refractivity contribution is 9.10. The molecule has 0 saturated heterocycles. The molecule has 2 rings (SSSR count). The SMILES string of the molecule is CC(NCc1ccc([N+](=O)[O-])cc1Br)c1cccc(Cl)c1. The molecule has 21 heavy (non-hydrogen) atoms. The first-order valence-electron chi connectivity index (χ1n) is 6.39. The molecule has 0 aliphatic heterocycles. The monoisotopic (exact) mass is 368 g/mol. The molecule has 0 bridgehead atoms. The Labute approximate surface area is 136 Å². The maximum atomic E-state index is 10.7. The van der Waals surface area contributed by atoms with Gasteiger partial charge in [-0.15, -0.1) is 0 Å². The van der Waals surface area contributed by atoms with Crippen LogP contribution in [0.3, 0.4) is 0 Å². The molecule has 0 spiro atoms. The fourth-order valence-electron chi connectivity index (χ4n) is 1.95. The van der Waals surface area contributed by atoms with Crippen molar-refractivity contribution in [2.24, 2.45) is 0 Å². The van der Waals surface area contributed by atoms with Gasteiger partial charge in [-0.2, -0.15) is 0 Å². The van der Waals surface area contributed by atoms with Gasteiger partial charge < -0.3 is 5.32 Å². The third-order valence-electron chi connectivity index (χ3n) is 3.19. The lowest BCUT2D eigenvalue weighted by atomic mass is 10.1. The summed E-state index contributed by atoms with van der Waals surface area (Å²) in [5.41, 5.74) is 2.14. The van der Waals surface area contributed by atoms with Gasteiger partial charge in [0.05, 0.1) is 4.92 Å². The average molecular weight is 370 g/mol. The zero-order valence-corrected chi connectivity index (χ0v) is 13.7. The summed E-state index contributed by atoms with van der Waals surface area (Å²) in [6, 6.07) is 12.6. The highest BCUT2D eigenvalue weighted by atomic mass is 79.9. The molecule has 0 aliphatic carbocycles. The van der Waals surface area contributed by atoms with E-state index in [-0.39, 0.29) is 11.7 Å². The highest BCUT2D eigenvalue weighted by Crippen LogP contribution is 2.24. The Kier molecular flexibility index (Phi) is 5.33. The van der Waals surface area contributed by atoms with Gasteiger partial charge >= 0.3 is 0 Å². The lowest BCUT2D eigenvalue weighted by Crippen LogP contribution is -2.18. The normalized spacial score (nSPS) is 12.1. The van der Waals surface area contributed by atoms with Crippen molar-refractivity contribution in [1.82, 2.24) is 5.32 Å². The van der Waals surface area contributed by atoms with Crippen molar-refractivity contribution in [3.8, 4) is 0 Å². The zero-order valence-electron chi connectivity index (χ0n) is 11.3. The highest BCUT2D eigenvalue weighted by Gasteiger charge is 2.10. The van der Waals surface area contributed by atoms with Crippen LogP contribution >= 0.6 is 27.5 Å². The first-order chi connectivity index (χ1) is 9.97. The van der Waals surface area contributed by atoms with Crippen LogP contribution in [0.25, 0.3) is 0 Å². The van der Waals surface area contributed by atoms with Crippen LogP contribution in [0.2, 0.25) is 5.02 Å². The standard InChI is InChI=1S/C15H14BrClN2O2/c1-10(11-3-2-4-13(17)7-11)18-9-12-5-6-14(19(20)21)8-15(12)16/h2-8,10,18H,9H2,1H3. The molecule has 0 heterocycles. The van der Waals surface area contributed by atoms with Crippen LogP contribution in [0.5, 0.6) is 0 Å². The van der Waals surface area contributed by atoms with Gasteiger partial charge in [0.15, 0.2) is 0 Å². The van der Waals surface area contributed by atoms with Crippen LogP contribution in [0.15, 0.2) is 46.9 Å². The molecular weight excluding hydrogens is 356 g/mol. The summed E-state index contributed by atoms with van der Waals surface area (Å²) in [5, 5.41) is 14.8. The molecule has 1 N–H and O–H groups in total. The van der Waals surface area contributed by atoms with E-state index in [1.165, 1.54) is 12.1 Å². The second kappa shape index (κ2) is 7.02.